The van der Waals surface area contributed by atoms with Crippen LogP contribution in [0.25, 0.3) is 0 Å². The molecule has 5 nitrogen and oxygen atoms in total. The molecule has 0 radical (unpaired) electrons. The number of imide groups is 1. The first-order valence-corrected chi connectivity index (χ1v) is 9.98. The molecule has 1 aromatic rings. The maximum absolute atomic E-state index is 12.7. The SMILES string of the molecule is CNC(=O)NC(=O)[C@H]([NH2+]CC12CC3CC(CC(C3)C1)C2)c1ccccc1. The summed E-state index contributed by atoms with van der Waals surface area (Å²) in [5.41, 5.74) is 1.35. The summed E-state index contributed by atoms with van der Waals surface area (Å²) in [6.45, 7) is 0.983. The van der Waals surface area contributed by atoms with Gasteiger partial charge in [-0.05, 0) is 56.3 Å². The van der Waals surface area contributed by atoms with Gasteiger partial charge >= 0.3 is 6.03 Å². The molecule has 4 aliphatic rings. The highest BCUT2D eigenvalue weighted by atomic mass is 16.2. The number of amides is 3. The fourth-order valence-corrected chi connectivity index (χ4v) is 6.21. The Kier molecular flexibility index (Phi) is 4.74. The topological polar surface area (TPSA) is 74.8 Å². The highest BCUT2D eigenvalue weighted by Gasteiger charge is 2.52. The Morgan fingerprint density at radius 3 is 2.19 bits per heavy atom. The maximum Gasteiger partial charge on any atom is 0.321 e. The summed E-state index contributed by atoms with van der Waals surface area (Å²) >= 11 is 0. The number of benzene rings is 1. The summed E-state index contributed by atoms with van der Waals surface area (Å²) in [6.07, 6.45) is 8.27. The third kappa shape index (κ3) is 3.50. The maximum atomic E-state index is 12.7. The second-order valence-corrected chi connectivity index (χ2v) is 8.81. The van der Waals surface area contributed by atoms with Crippen molar-refractivity contribution in [3.8, 4) is 0 Å². The number of urea groups is 1. The van der Waals surface area contributed by atoms with Gasteiger partial charge in [-0.15, -0.1) is 0 Å². The van der Waals surface area contributed by atoms with Gasteiger partial charge in [0.05, 0.1) is 6.54 Å². The van der Waals surface area contributed by atoms with E-state index >= 15 is 0 Å². The third-order valence-electron chi connectivity index (χ3n) is 6.86. The van der Waals surface area contributed by atoms with E-state index in [4.69, 9.17) is 0 Å². The van der Waals surface area contributed by atoms with E-state index in [2.05, 4.69) is 16.0 Å². The van der Waals surface area contributed by atoms with Crippen molar-refractivity contribution in [2.45, 2.75) is 44.6 Å². The van der Waals surface area contributed by atoms with Gasteiger partial charge in [-0.25, -0.2) is 4.79 Å². The normalized spacial score (nSPS) is 32.9. The van der Waals surface area contributed by atoms with E-state index in [1.807, 2.05) is 30.3 Å². The molecule has 1 atom stereocenters. The average molecular weight is 356 g/mol. The Morgan fingerprint density at radius 1 is 1.08 bits per heavy atom. The first kappa shape index (κ1) is 17.5. The van der Waals surface area contributed by atoms with Crippen LogP contribution in [0.4, 0.5) is 4.79 Å². The number of carbonyl (C=O) groups is 2. The van der Waals surface area contributed by atoms with Crippen molar-refractivity contribution in [1.82, 2.24) is 10.6 Å². The second kappa shape index (κ2) is 7.03. The summed E-state index contributed by atoms with van der Waals surface area (Å²) in [4.78, 5) is 24.4. The van der Waals surface area contributed by atoms with Gasteiger partial charge in [-0.1, -0.05) is 30.3 Å². The second-order valence-electron chi connectivity index (χ2n) is 8.81. The molecule has 4 N–H and O–H groups in total. The molecule has 4 bridgehead atoms. The van der Waals surface area contributed by atoms with Crippen LogP contribution >= 0.6 is 0 Å². The molecule has 5 rings (SSSR count). The van der Waals surface area contributed by atoms with Crippen molar-refractivity contribution in [1.29, 1.82) is 0 Å². The molecule has 140 valence electrons. The van der Waals surface area contributed by atoms with Crippen molar-refractivity contribution in [2.24, 2.45) is 23.2 Å². The van der Waals surface area contributed by atoms with Crippen LogP contribution in [0.15, 0.2) is 30.3 Å². The van der Waals surface area contributed by atoms with Crippen molar-refractivity contribution in [3.05, 3.63) is 35.9 Å². The quantitative estimate of drug-likeness (QED) is 0.754. The van der Waals surface area contributed by atoms with E-state index in [9.17, 15) is 9.59 Å². The van der Waals surface area contributed by atoms with E-state index in [1.165, 1.54) is 45.6 Å². The van der Waals surface area contributed by atoms with Crippen molar-refractivity contribution in [3.63, 3.8) is 0 Å². The van der Waals surface area contributed by atoms with Crippen LogP contribution in [0.3, 0.4) is 0 Å². The minimum Gasteiger partial charge on any atom is -0.341 e. The van der Waals surface area contributed by atoms with E-state index < -0.39 is 6.03 Å². The van der Waals surface area contributed by atoms with Gasteiger partial charge < -0.3 is 10.6 Å². The molecular weight excluding hydrogens is 326 g/mol. The van der Waals surface area contributed by atoms with Crippen LogP contribution in [0.2, 0.25) is 0 Å². The molecule has 3 amide bonds. The molecule has 26 heavy (non-hydrogen) atoms. The molecule has 1 aromatic carbocycles. The van der Waals surface area contributed by atoms with Gasteiger partial charge in [0.1, 0.15) is 0 Å². The van der Waals surface area contributed by atoms with E-state index in [-0.39, 0.29) is 11.9 Å². The Labute approximate surface area is 155 Å². The number of rotatable bonds is 5. The van der Waals surface area contributed by atoms with Crippen LogP contribution in [0.1, 0.15) is 50.1 Å². The predicted octanol–water partition coefficient (Wildman–Crippen LogP) is 1.96. The standard InChI is InChI=1S/C21H29N3O2/c1-22-20(26)24-19(25)18(17-5-3-2-4-6-17)23-13-21-10-14-7-15(11-21)9-16(8-14)12-21/h2-6,14-16,18,23H,7-13H2,1H3,(H2,22,24,25,26)/p+1/t14?,15?,16?,18-,21?/m1/s1. The number of hydrogen-bond acceptors (Lipinski definition) is 2. The van der Waals surface area contributed by atoms with Crippen molar-refractivity contribution >= 4 is 11.9 Å². The molecule has 0 unspecified atom stereocenters. The summed E-state index contributed by atoms with van der Waals surface area (Å²) in [5, 5.41) is 7.12. The average Bonchev–Trinajstić information content (AvgIpc) is 2.61. The number of nitrogens with one attached hydrogen (secondary N) is 2. The molecular formula is C21H30N3O2+. The first-order valence-electron chi connectivity index (χ1n) is 9.98. The fourth-order valence-electron chi connectivity index (χ4n) is 6.21. The van der Waals surface area contributed by atoms with Gasteiger partial charge in [0.15, 0.2) is 6.04 Å². The van der Waals surface area contributed by atoms with Crippen LogP contribution in [-0.4, -0.2) is 25.5 Å². The molecule has 4 fully saturated rings. The summed E-state index contributed by atoms with van der Waals surface area (Å²) < 4.78 is 0. The molecule has 0 spiro atoms. The van der Waals surface area contributed by atoms with E-state index in [1.54, 1.807) is 0 Å². The zero-order valence-corrected chi connectivity index (χ0v) is 15.5. The lowest BCUT2D eigenvalue weighted by Gasteiger charge is -2.56. The number of nitrogens with two attached hydrogens (primary N) is 1. The van der Waals surface area contributed by atoms with Crippen LogP contribution in [0, 0.1) is 23.2 Å². The summed E-state index contributed by atoms with van der Waals surface area (Å²) in [6, 6.07) is 8.99. The lowest BCUT2D eigenvalue weighted by atomic mass is 9.49. The number of carbonyl (C=O) groups excluding carboxylic acids is 2. The summed E-state index contributed by atoms with van der Waals surface area (Å²) in [5.74, 6) is 2.49. The number of quaternary nitrogens is 1. The van der Waals surface area contributed by atoms with Crippen molar-refractivity contribution in [2.75, 3.05) is 13.6 Å². The Balaban J connectivity index is 1.48. The van der Waals surface area contributed by atoms with Gasteiger partial charge in [0, 0.05) is 18.0 Å². The van der Waals surface area contributed by atoms with Crippen LogP contribution < -0.4 is 16.0 Å². The fraction of sp³-hybridized carbons (Fsp3) is 0.619. The van der Waals surface area contributed by atoms with E-state index in [0.29, 0.717) is 5.41 Å². The van der Waals surface area contributed by atoms with Gasteiger partial charge in [-0.2, -0.15) is 0 Å². The van der Waals surface area contributed by atoms with Crippen molar-refractivity contribution < 1.29 is 14.9 Å². The van der Waals surface area contributed by atoms with Gasteiger partial charge in [0.25, 0.3) is 5.91 Å². The monoisotopic (exact) mass is 356 g/mol. The molecule has 0 aromatic heterocycles. The minimum absolute atomic E-state index is 0.236. The molecule has 0 saturated heterocycles. The Morgan fingerprint density at radius 2 is 1.65 bits per heavy atom. The molecule has 0 heterocycles. The van der Waals surface area contributed by atoms with E-state index in [0.717, 1.165) is 29.9 Å². The Bertz CT molecular complexity index is 638. The van der Waals surface area contributed by atoms with Crippen LogP contribution in [0.5, 0.6) is 0 Å². The predicted molar refractivity (Wildman–Crippen MR) is 99.2 cm³/mol. The van der Waals surface area contributed by atoms with Crippen LogP contribution in [-0.2, 0) is 4.79 Å². The first-order chi connectivity index (χ1) is 12.6. The lowest BCUT2D eigenvalue weighted by Crippen LogP contribution is -2.90. The molecule has 0 aliphatic heterocycles. The molecule has 5 heteroatoms. The summed E-state index contributed by atoms with van der Waals surface area (Å²) in [7, 11) is 1.53. The molecule has 4 aliphatic carbocycles. The largest absolute Gasteiger partial charge is 0.341 e. The highest BCUT2D eigenvalue weighted by Crippen LogP contribution is 2.59. The van der Waals surface area contributed by atoms with Gasteiger partial charge in [0.2, 0.25) is 0 Å². The zero-order valence-electron chi connectivity index (χ0n) is 15.5. The van der Waals surface area contributed by atoms with Gasteiger partial charge in [-0.3, -0.25) is 10.1 Å². The minimum atomic E-state index is -0.445. The highest BCUT2D eigenvalue weighted by molar-refractivity contribution is 5.96. The lowest BCUT2D eigenvalue weighted by molar-refractivity contribution is -0.695. The molecule has 4 saturated carbocycles. The third-order valence-corrected chi connectivity index (χ3v) is 6.86. The smallest absolute Gasteiger partial charge is 0.321 e. The zero-order chi connectivity index (χ0) is 18.1. The Hall–Kier alpha value is -1.88. The number of hydrogen-bond donors (Lipinski definition) is 3.